The number of benzene rings is 3. The van der Waals surface area contributed by atoms with Crippen LogP contribution in [0, 0.1) is 0 Å². The van der Waals surface area contributed by atoms with Crippen LogP contribution in [-0.2, 0) is 32.7 Å². The normalized spacial score (nSPS) is 13.6. The number of fused-ring (bicyclic) bond motifs is 2. The van der Waals surface area contributed by atoms with Crippen molar-refractivity contribution < 1.29 is 42.0 Å². The van der Waals surface area contributed by atoms with E-state index < -0.39 is 0 Å². The fourth-order valence-electron chi connectivity index (χ4n) is 5.24. The van der Waals surface area contributed by atoms with Crippen molar-refractivity contribution in [2.75, 3.05) is 57.7 Å². The van der Waals surface area contributed by atoms with Crippen LogP contribution in [0.1, 0.15) is 25.3 Å². The van der Waals surface area contributed by atoms with Crippen LogP contribution < -0.4 is 19.1 Å². The Kier molecular flexibility index (Phi) is 10.7. The summed E-state index contributed by atoms with van der Waals surface area (Å²) in [5.74, 6) is 2.06. The van der Waals surface area contributed by atoms with Crippen molar-refractivity contribution in [3.05, 3.63) is 89.5 Å². The van der Waals surface area contributed by atoms with E-state index in [1.54, 1.807) is 7.11 Å². The van der Waals surface area contributed by atoms with Crippen molar-refractivity contribution in [2.24, 2.45) is 0 Å². The van der Waals surface area contributed by atoms with Gasteiger partial charge in [-0.15, -0.1) is 0 Å². The van der Waals surface area contributed by atoms with E-state index in [0.717, 1.165) is 49.4 Å². The second-order valence-electron chi connectivity index (χ2n) is 10.3. The van der Waals surface area contributed by atoms with Crippen molar-refractivity contribution in [3.63, 3.8) is 0 Å². The molecule has 0 atom stereocenters. The molecule has 1 aliphatic heterocycles. The van der Waals surface area contributed by atoms with Gasteiger partial charge >= 0.3 is 0 Å². The summed E-state index contributed by atoms with van der Waals surface area (Å²) in [7, 11) is 8.20. The molecule has 0 saturated heterocycles. The number of nitrogens with zero attached hydrogens (tertiary/aromatic N) is 4. The second kappa shape index (κ2) is 14.0. The Hall–Kier alpha value is -2.38. The molecule has 0 aliphatic carbocycles. The van der Waals surface area contributed by atoms with Crippen LogP contribution in [0.5, 0.6) is 5.75 Å². The van der Waals surface area contributed by atoms with Gasteiger partial charge in [-0.3, -0.25) is 4.90 Å². The third-order valence-corrected chi connectivity index (χ3v) is 8.35. The Morgan fingerprint density at radius 2 is 1.68 bits per heavy atom. The molecular weight excluding hydrogens is 589 g/mol. The second-order valence-corrected chi connectivity index (χ2v) is 11.3. The number of ether oxygens (including phenoxy) is 1. The molecule has 0 fully saturated rings. The van der Waals surface area contributed by atoms with Crippen molar-refractivity contribution in [3.8, 4) is 11.4 Å². The van der Waals surface area contributed by atoms with Gasteiger partial charge in [0.2, 0.25) is 0 Å². The van der Waals surface area contributed by atoms with E-state index in [2.05, 4.69) is 132 Å². The summed E-state index contributed by atoms with van der Waals surface area (Å²) in [6, 6.07) is 28.2. The van der Waals surface area contributed by atoms with E-state index in [9.17, 15) is 0 Å². The number of hydrogen-bond donors (Lipinski definition) is 0. The third kappa shape index (κ3) is 6.57. The molecule has 0 saturated carbocycles. The van der Waals surface area contributed by atoms with Gasteiger partial charge in [-0.05, 0) is 75.0 Å². The van der Waals surface area contributed by atoms with Crippen LogP contribution in [0.15, 0.2) is 88.8 Å². The van der Waals surface area contributed by atoms with E-state index in [4.69, 9.17) is 4.74 Å². The van der Waals surface area contributed by atoms with Gasteiger partial charge in [-0.2, -0.15) is 4.57 Å². The molecule has 0 unspecified atom stereocenters. The zero-order chi connectivity index (χ0) is 27.4. The molecule has 0 spiro atoms. The largest absolute Gasteiger partial charge is 0.497 e. The van der Waals surface area contributed by atoms with Crippen LogP contribution >= 0.6 is 11.8 Å². The SMILES string of the molecule is CCCN(CCCN(C)C)c1cc(C=C2Sc3ccccc3N2C)c2ccc(OC)cc2[n+]1-c1ccccc1.[Y]. The number of pyridine rings is 1. The maximum atomic E-state index is 5.72. The Morgan fingerprint density at radius 1 is 0.925 bits per heavy atom. The maximum absolute atomic E-state index is 5.72. The minimum absolute atomic E-state index is 0. The number of thioether (sulfide) groups is 1. The number of aromatic nitrogens is 1. The van der Waals surface area contributed by atoms with Gasteiger partial charge in [0.15, 0.2) is 0 Å². The number of para-hydroxylation sites is 2. The van der Waals surface area contributed by atoms with Crippen molar-refractivity contribution in [2.45, 2.75) is 24.7 Å². The summed E-state index contributed by atoms with van der Waals surface area (Å²) in [5.41, 5.74) is 4.76. The zero-order valence-corrected chi connectivity index (χ0v) is 28.0. The van der Waals surface area contributed by atoms with Gasteiger partial charge in [-0.1, -0.05) is 49.0 Å². The Balaban J connectivity index is 0.00000370. The summed E-state index contributed by atoms with van der Waals surface area (Å²) >= 11 is 1.83. The molecule has 0 N–H and O–H groups in total. The van der Waals surface area contributed by atoms with E-state index in [1.165, 1.54) is 32.4 Å². The zero-order valence-electron chi connectivity index (χ0n) is 24.3. The molecule has 0 bridgehead atoms. The van der Waals surface area contributed by atoms with E-state index in [-0.39, 0.29) is 32.7 Å². The summed E-state index contributed by atoms with van der Waals surface area (Å²) < 4.78 is 8.13. The maximum Gasteiger partial charge on any atom is 0.282 e. The smallest absolute Gasteiger partial charge is 0.282 e. The molecular formula is C33H39N4OSY+. The Bertz CT molecular complexity index is 1470. The number of rotatable bonds is 10. The first-order valence-corrected chi connectivity index (χ1v) is 14.6. The monoisotopic (exact) mass is 628 g/mol. The van der Waals surface area contributed by atoms with Crippen molar-refractivity contribution in [1.82, 2.24) is 4.90 Å². The van der Waals surface area contributed by atoms with Crippen molar-refractivity contribution in [1.29, 1.82) is 0 Å². The summed E-state index contributed by atoms with van der Waals surface area (Å²) in [4.78, 5) is 8.41. The van der Waals surface area contributed by atoms with Crippen LogP contribution in [0.3, 0.4) is 0 Å². The molecule has 4 aromatic rings. The van der Waals surface area contributed by atoms with E-state index in [1.807, 2.05) is 11.8 Å². The third-order valence-electron chi connectivity index (χ3n) is 7.19. The molecule has 5 rings (SSSR count). The molecule has 1 aromatic heterocycles. The van der Waals surface area contributed by atoms with Gasteiger partial charge < -0.3 is 14.5 Å². The Morgan fingerprint density at radius 3 is 2.38 bits per heavy atom. The van der Waals surface area contributed by atoms with Crippen LogP contribution in [0.25, 0.3) is 22.7 Å². The van der Waals surface area contributed by atoms with E-state index in [0.29, 0.717) is 0 Å². The molecule has 40 heavy (non-hydrogen) atoms. The molecule has 3 aromatic carbocycles. The quantitative estimate of drug-likeness (QED) is 0.179. The van der Waals surface area contributed by atoms with Gasteiger partial charge in [0.1, 0.15) is 17.0 Å². The molecule has 1 radical (unpaired) electrons. The van der Waals surface area contributed by atoms with Crippen LogP contribution in [0.4, 0.5) is 11.5 Å². The summed E-state index contributed by atoms with van der Waals surface area (Å²) in [6.45, 7) is 5.31. The molecule has 205 valence electrons. The fraction of sp³-hybridized carbons (Fsp3) is 0.303. The minimum Gasteiger partial charge on any atom is -0.497 e. The van der Waals surface area contributed by atoms with Gasteiger partial charge in [-0.25, -0.2) is 0 Å². The summed E-state index contributed by atoms with van der Waals surface area (Å²) in [6.07, 6.45) is 4.53. The van der Waals surface area contributed by atoms with Crippen LogP contribution in [-0.4, -0.2) is 52.8 Å². The first kappa shape index (κ1) is 30.6. The number of methoxy groups -OCH3 is 1. The standard InChI is InChI=1S/C33H39N4OS.Y/c1-6-19-36(21-12-20-34(2)3)32-22-25(23-33-35(4)29-15-10-11-16-31(29)39-33)28-18-17-27(38-5)24-30(28)37(32)26-13-8-7-9-14-26;/h7-11,13-18,22-24H,6,12,19-21H2,1-5H3;/q+1;. The van der Waals surface area contributed by atoms with Gasteiger partial charge in [0.05, 0.1) is 30.9 Å². The van der Waals surface area contributed by atoms with Crippen LogP contribution in [0.2, 0.25) is 0 Å². The fourth-order valence-corrected chi connectivity index (χ4v) is 6.34. The van der Waals surface area contributed by atoms with Crippen molar-refractivity contribution >= 4 is 40.2 Å². The number of anilines is 2. The average Bonchev–Trinajstić information content (AvgIpc) is 3.27. The molecule has 1 aliphatic rings. The first-order valence-electron chi connectivity index (χ1n) is 13.7. The first-order chi connectivity index (χ1) is 19.0. The number of hydrogen-bond acceptors (Lipinski definition) is 5. The molecule has 2 heterocycles. The molecule has 0 amide bonds. The predicted molar refractivity (Wildman–Crippen MR) is 166 cm³/mol. The molecule has 7 heteroatoms. The topological polar surface area (TPSA) is 22.8 Å². The van der Waals surface area contributed by atoms with E-state index >= 15 is 0 Å². The predicted octanol–water partition coefficient (Wildman–Crippen LogP) is 6.83. The Labute approximate surface area is 268 Å². The summed E-state index contributed by atoms with van der Waals surface area (Å²) in [5, 5.41) is 2.43. The average molecular weight is 629 g/mol. The van der Waals surface area contributed by atoms with Gasteiger partial charge in [0, 0.05) is 68.7 Å². The minimum atomic E-state index is 0. The molecule has 5 nitrogen and oxygen atoms in total. The van der Waals surface area contributed by atoms with Gasteiger partial charge in [0.25, 0.3) is 5.82 Å².